The Morgan fingerprint density at radius 2 is 2.05 bits per heavy atom. The molecule has 3 aromatic rings. The van der Waals surface area contributed by atoms with Crippen LogP contribution in [0.3, 0.4) is 0 Å². The van der Waals surface area contributed by atoms with E-state index in [1.165, 1.54) is 23.2 Å². The molecule has 0 bridgehead atoms. The maximum absolute atomic E-state index is 12.0. The zero-order valence-electron chi connectivity index (χ0n) is 10.8. The Labute approximate surface area is 112 Å². The van der Waals surface area contributed by atoms with Crippen LogP contribution in [0, 0.1) is 11.3 Å². The monoisotopic (exact) mass is 270 g/mol. The summed E-state index contributed by atoms with van der Waals surface area (Å²) < 4.78 is 3.81. The highest BCUT2D eigenvalue weighted by Crippen LogP contribution is 2.11. The summed E-state index contributed by atoms with van der Waals surface area (Å²) in [7, 11) is 2.94. The summed E-state index contributed by atoms with van der Waals surface area (Å²) in [5, 5.41) is 9.01. The Kier molecular flexibility index (Phi) is 2.37. The molecule has 3 heterocycles. The van der Waals surface area contributed by atoms with Gasteiger partial charge in [0.25, 0.3) is 5.56 Å². The minimum atomic E-state index is -0.451. The third-order valence-electron chi connectivity index (χ3n) is 3.17. The first kappa shape index (κ1) is 12.0. The van der Waals surface area contributed by atoms with E-state index in [0.29, 0.717) is 11.6 Å². The van der Waals surface area contributed by atoms with Crippen molar-refractivity contribution in [2.45, 2.75) is 0 Å². The molecule has 0 aliphatic carbocycles. The highest BCUT2D eigenvalue weighted by molar-refractivity contribution is 5.71. The summed E-state index contributed by atoms with van der Waals surface area (Å²) in [5.41, 5.74) is -0.0418. The summed E-state index contributed by atoms with van der Waals surface area (Å²) >= 11 is 0. The second kappa shape index (κ2) is 3.96. The third-order valence-corrected chi connectivity index (χ3v) is 3.17. The van der Waals surface area contributed by atoms with E-state index in [0.717, 1.165) is 4.57 Å². The minimum absolute atomic E-state index is 0.224. The molecule has 8 nitrogen and oxygen atoms in total. The van der Waals surface area contributed by atoms with Gasteiger partial charge < -0.3 is 4.98 Å². The van der Waals surface area contributed by atoms with Gasteiger partial charge >= 0.3 is 5.69 Å². The van der Waals surface area contributed by atoms with Crippen LogP contribution in [0.25, 0.3) is 17.1 Å². The number of fused-ring (bicyclic) bond motifs is 1. The van der Waals surface area contributed by atoms with E-state index in [1.54, 1.807) is 18.3 Å². The predicted molar refractivity (Wildman–Crippen MR) is 70.6 cm³/mol. The van der Waals surface area contributed by atoms with E-state index in [1.807, 2.05) is 6.07 Å². The summed E-state index contributed by atoms with van der Waals surface area (Å²) in [6, 6.07) is 5.35. The second-order valence-corrected chi connectivity index (χ2v) is 4.34. The highest BCUT2D eigenvalue weighted by atomic mass is 16.2. The van der Waals surface area contributed by atoms with Crippen molar-refractivity contribution in [1.29, 1.82) is 5.26 Å². The molecule has 0 aliphatic rings. The Balaban J connectivity index is 2.41. The van der Waals surface area contributed by atoms with Gasteiger partial charge in [0, 0.05) is 20.3 Å². The molecular weight excluding hydrogens is 260 g/mol. The minimum Gasteiger partial charge on any atom is -0.318 e. The number of nitrogens with zero attached hydrogens (tertiary/aromatic N) is 5. The van der Waals surface area contributed by atoms with Gasteiger partial charge in [0.2, 0.25) is 5.95 Å². The first-order valence-corrected chi connectivity index (χ1v) is 5.78. The highest BCUT2D eigenvalue weighted by Gasteiger charge is 2.15. The fourth-order valence-corrected chi connectivity index (χ4v) is 2.08. The largest absolute Gasteiger partial charge is 0.332 e. The number of nitrogens with one attached hydrogen (secondary N) is 1. The van der Waals surface area contributed by atoms with E-state index in [9.17, 15) is 9.59 Å². The van der Waals surface area contributed by atoms with Gasteiger partial charge in [0.1, 0.15) is 11.8 Å². The summed E-state index contributed by atoms with van der Waals surface area (Å²) in [4.78, 5) is 31.0. The first-order valence-electron chi connectivity index (χ1n) is 5.78. The summed E-state index contributed by atoms with van der Waals surface area (Å²) in [6.45, 7) is 0. The Bertz CT molecular complexity index is 978. The lowest BCUT2D eigenvalue weighted by Gasteiger charge is -2.00. The van der Waals surface area contributed by atoms with Gasteiger partial charge in [0.15, 0.2) is 11.2 Å². The van der Waals surface area contributed by atoms with E-state index < -0.39 is 11.2 Å². The fraction of sp³-hybridized carbons (Fsp3) is 0.167. The van der Waals surface area contributed by atoms with Crippen LogP contribution in [0.4, 0.5) is 0 Å². The van der Waals surface area contributed by atoms with Crippen molar-refractivity contribution in [3.05, 3.63) is 44.9 Å². The Morgan fingerprint density at radius 1 is 1.30 bits per heavy atom. The molecule has 0 aliphatic heterocycles. The van der Waals surface area contributed by atoms with Gasteiger partial charge in [0.05, 0.1) is 0 Å². The number of H-pyrrole nitrogens is 1. The lowest BCUT2D eigenvalue weighted by molar-refractivity contribution is 0.708. The standard InChI is InChI=1S/C12H10N6O2/c1-16-9-8(10(19)17(2)12(16)20)14-11(15-9)18-5-3-4-7(18)6-13/h3-5H,1-2H3,(H,14,15). The van der Waals surface area contributed by atoms with E-state index in [-0.39, 0.29) is 11.2 Å². The number of aromatic nitrogens is 5. The van der Waals surface area contributed by atoms with Gasteiger partial charge in [-0.15, -0.1) is 0 Å². The van der Waals surface area contributed by atoms with Crippen LogP contribution >= 0.6 is 0 Å². The average molecular weight is 270 g/mol. The molecule has 0 unspecified atom stereocenters. The topological polar surface area (TPSA) is 101 Å². The molecule has 0 amide bonds. The Morgan fingerprint density at radius 3 is 2.75 bits per heavy atom. The number of rotatable bonds is 1. The molecule has 20 heavy (non-hydrogen) atoms. The van der Waals surface area contributed by atoms with Gasteiger partial charge in [-0.1, -0.05) is 0 Å². The third kappa shape index (κ3) is 1.43. The molecule has 8 heteroatoms. The molecule has 0 saturated carbocycles. The normalized spacial score (nSPS) is 10.8. The molecule has 0 radical (unpaired) electrons. The molecule has 100 valence electrons. The average Bonchev–Trinajstić information content (AvgIpc) is 3.08. The van der Waals surface area contributed by atoms with Crippen LogP contribution in [0.15, 0.2) is 27.9 Å². The number of hydrogen-bond donors (Lipinski definition) is 1. The van der Waals surface area contributed by atoms with Gasteiger partial charge in [-0.05, 0) is 12.1 Å². The maximum atomic E-state index is 12.0. The van der Waals surface area contributed by atoms with Crippen molar-refractivity contribution >= 4 is 11.2 Å². The van der Waals surface area contributed by atoms with E-state index in [4.69, 9.17) is 5.26 Å². The smallest absolute Gasteiger partial charge is 0.318 e. The number of aromatic amines is 1. The van der Waals surface area contributed by atoms with Crippen molar-refractivity contribution in [1.82, 2.24) is 23.7 Å². The second-order valence-electron chi connectivity index (χ2n) is 4.34. The molecule has 1 N–H and O–H groups in total. The SMILES string of the molecule is Cn1c(=O)c2[nH]c(-n3cccc3C#N)nc2n(C)c1=O. The van der Waals surface area contributed by atoms with Crippen LogP contribution in [-0.2, 0) is 14.1 Å². The molecule has 0 fully saturated rings. The zero-order chi connectivity index (χ0) is 14.4. The van der Waals surface area contributed by atoms with E-state index >= 15 is 0 Å². The maximum Gasteiger partial charge on any atom is 0.332 e. The van der Waals surface area contributed by atoms with Crippen molar-refractivity contribution in [2.24, 2.45) is 14.1 Å². The molecule has 3 rings (SSSR count). The number of nitriles is 1. The van der Waals surface area contributed by atoms with Crippen molar-refractivity contribution in [3.63, 3.8) is 0 Å². The van der Waals surface area contributed by atoms with Crippen LogP contribution in [0.2, 0.25) is 0 Å². The summed E-state index contributed by atoms with van der Waals surface area (Å²) in [5.74, 6) is 0.319. The molecule has 0 saturated heterocycles. The van der Waals surface area contributed by atoms with Crippen molar-refractivity contribution < 1.29 is 0 Å². The van der Waals surface area contributed by atoms with Crippen LogP contribution in [0.1, 0.15) is 5.69 Å². The summed E-state index contributed by atoms with van der Waals surface area (Å²) in [6.07, 6.45) is 1.65. The molecule has 0 spiro atoms. The lowest BCUT2D eigenvalue weighted by Crippen LogP contribution is -2.36. The number of imidazole rings is 1. The van der Waals surface area contributed by atoms with Gasteiger partial charge in [-0.3, -0.25) is 18.5 Å². The van der Waals surface area contributed by atoms with Crippen molar-refractivity contribution in [2.75, 3.05) is 0 Å². The van der Waals surface area contributed by atoms with Crippen molar-refractivity contribution in [3.8, 4) is 12.0 Å². The molecule has 3 aromatic heterocycles. The fourth-order valence-electron chi connectivity index (χ4n) is 2.08. The van der Waals surface area contributed by atoms with Gasteiger partial charge in [-0.25, -0.2) is 4.79 Å². The zero-order valence-corrected chi connectivity index (χ0v) is 10.8. The van der Waals surface area contributed by atoms with Gasteiger partial charge in [-0.2, -0.15) is 10.2 Å². The van der Waals surface area contributed by atoms with Crippen LogP contribution < -0.4 is 11.2 Å². The quantitative estimate of drug-likeness (QED) is 0.651. The molecule has 0 aromatic carbocycles. The number of hydrogen-bond acceptors (Lipinski definition) is 4. The molecule has 0 atom stereocenters. The van der Waals surface area contributed by atoms with Crippen LogP contribution in [-0.4, -0.2) is 23.7 Å². The Hall–Kier alpha value is -3.08. The van der Waals surface area contributed by atoms with E-state index in [2.05, 4.69) is 9.97 Å². The predicted octanol–water partition coefficient (Wildman–Crippen LogP) is -0.377. The van der Waals surface area contributed by atoms with Crippen LogP contribution in [0.5, 0.6) is 0 Å². The molecular formula is C12H10N6O2. The number of aryl methyl sites for hydroxylation is 1. The lowest BCUT2D eigenvalue weighted by atomic mass is 10.5. The first-order chi connectivity index (χ1) is 9.54.